The van der Waals surface area contributed by atoms with Crippen molar-refractivity contribution >= 4 is 21.8 Å². The van der Waals surface area contributed by atoms with Crippen LogP contribution in [-0.2, 0) is 11.3 Å². The van der Waals surface area contributed by atoms with Gasteiger partial charge in [0.05, 0.1) is 4.47 Å². The molecule has 1 aromatic carbocycles. The van der Waals surface area contributed by atoms with Gasteiger partial charge in [0.15, 0.2) is 11.5 Å². The molecule has 1 fully saturated rings. The zero-order valence-electron chi connectivity index (χ0n) is 13.7. The molecular formula is C17H24BrN3O3. The Morgan fingerprint density at radius 1 is 1.38 bits per heavy atom. The molecule has 2 aliphatic rings. The predicted octanol–water partition coefficient (Wildman–Crippen LogP) is 2.00. The molecule has 6 nitrogen and oxygen atoms in total. The van der Waals surface area contributed by atoms with E-state index in [-0.39, 0.29) is 12.7 Å². The third-order valence-corrected chi connectivity index (χ3v) is 5.12. The number of carbonyl (C=O) groups is 1. The first-order chi connectivity index (χ1) is 11.7. The van der Waals surface area contributed by atoms with Gasteiger partial charge in [-0.25, -0.2) is 0 Å². The number of nitrogens with two attached hydrogens (primary N) is 1. The molecule has 0 saturated carbocycles. The van der Waals surface area contributed by atoms with Crippen molar-refractivity contribution in [3.8, 4) is 11.5 Å². The van der Waals surface area contributed by atoms with E-state index in [0.29, 0.717) is 25.6 Å². The summed E-state index contributed by atoms with van der Waals surface area (Å²) in [5.41, 5.74) is 6.62. The fourth-order valence-electron chi connectivity index (χ4n) is 3.30. The summed E-state index contributed by atoms with van der Waals surface area (Å²) in [6, 6.07) is 4.50. The highest BCUT2D eigenvalue weighted by Crippen LogP contribution is 2.40. The van der Waals surface area contributed by atoms with Crippen LogP contribution >= 0.6 is 15.9 Å². The van der Waals surface area contributed by atoms with Crippen molar-refractivity contribution in [2.75, 3.05) is 26.4 Å². The molecule has 0 aliphatic carbocycles. The van der Waals surface area contributed by atoms with E-state index in [9.17, 15) is 4.79 Å². The average molecular weight is 398 g/mol. The lowest BCUT2D eigenvalue weighted by Gasteiger charge is -2.36. The number of nitrogens with zero attached hydrogens (tertiary/aromatic N) is 1. The van der Waals surface area contributed by atoms with Gasteiger partial charge in [0, 0.05) is 32.1 Å². The Bertz CT molecular complexity index is 597. The summed E-state index contributed by atoms with van der Waals surface area (Å²) in [4.78, 5) is 14.1. The van der Waals surface area contributed by atoms with Gasteiger partial charge in [-0.15, -0.1) is 0 Å². The first-order valence-corrected chi connectivity index (χ1v) is 9.25. The Hall–Kier alpha value is -1.31. The molecule has 3 rings (SSSR count). The van der Waals surface area contributed by atoms with Crippen LogP contribution in [0.3, 0.4) is 0 Å². The van der Waals surface area contributed by atoms with Crippen molar-refractivity contribution in [2.24, 2.45) is 5.73 Å². The maximum absolute atomic E-state index is 11.7. The highest BCUT2D eigenvalue weighted by Gasteiger charge is 2.24. The molecule has 1 saturated heterocycles. The van der Waals surface area contributed by atoms with Crippen LogP contribution < -0.4 is 20.5 Å². The van der Waals surface area contributed by atoms with Crippen molar-refractivity contribution in [1.29, 1.82) is 0 Å². The summed E-state index contributed by atoms with van der Waals surface area (Å²) in [6.07, 6.45) is 3.90. The lowest BCUT2D eigenvalue weighted by molar-refractivity contribution is -0.121. The summed E-state index contributed by atoms with van der Waals surface area (Å²) in [6.45, 7) is 3.24. The Labute approximate surface area is 150 Å². The minimum absolute atomic E-state index is 0.0360. The molecule has 0 bridgehead atoms. The topological polar surface area (TPSA) is 76.8 Å². The van der Waals surface area contributed by atoms with Crippen LogP contribution in [0.1, 0.15) is 31.2 Å². The van der Waals surface area contributed by atoms with Crippen molar-refractivity contribution in [3.63, 3.8) is 0 Å². The van der Waals surface area contributed by atoms with Gasteiger partial charge in [-0.1, -0.05) is 6.42 Å². The van der Waals surface area contributed by atoms with Crippen LogP contribution in [0.25, 0.3) is 0 Å². The lowest BCUT2D eigenvalue weighted by Crippen LogP contribution is -2.46. The van der Waals surface area contributed by atoms with Gasteiger partial charge in [0.25, 0.3) is 0 Å². The van der Waals surface area contributed by atoms with Gasteiger partial charge < -0.3 is 20.5 Å². The minimum atomic E-state index is 0.0360. The van der Waals surface area contributed by atoms with Crippen LogP contribution in [0.2, 0.25) is 0 Å². The van der Waals surface area contributed by atoms with E-state index in [1.54, 1.807) is 0 Å². The molecule has 0 aromatic heterocycles. The van der Waals surface area contributed by atoms with E-state index in [2.05, 4.69) is 32.2 Å². The molecule has 132 valence electrons. The second kappa shape index (κ2) is 8.18. The highest BCUT2D eigenvalue weighted by molar-refractivity contribution is 9.10. The SMILES string of the molecule is NCCC(=O)NCC1CCCCN1Cc1cc(Br)c2c(c1)OCO2. The first kappa shape index (κ1) is 17.5. The molecule has 7 heteroatoms. The largest absolute Gasteiger partial charge is 0.454 e. The third kappa shape index (κ3) is 4.20. The predicted molar refractivity (Wildman–Crippen MR) is 95.0 cm³/mol. The molecule has 2 heterocycles. The third-order valence-electron chi connectivity index (χ3n) is 4.53. The van der Waals surface area contributed by atoms with Crippen molar-refractivity contribution < 1.29 is 14.3 Å². The molecule has 0 radical (unpaired) electrons. The summed E-state index contributed by atoms with van der Waals surface area (Å²) in [5.74, 6) is 1.61. The number of nitrogens with one attached hydrogen (secondary N) is 1. The molecule has 1 aromatic rings. The van der Waals surface area contributed by atoms with Gasteiger partial charge in [-0.2, -0.15) is 0 Å². The Morgan fingerprint density at radius 3 is 3.08 bits per heavy atom. The van der Waals surface area contributed by atoms with E-state index >= 15 is 0 Å². The number of ether oxygens (including phenoxy) is 2. The van der Waals surface area contributed by atoms with Gasteiger partial charge >= 0.3 is 0 Å². The van der Waals surface area contributed by atoms with E-state index in [1.165, 1.54) is 18.4 Å². The number of benzene rings is 1. The number of fused-ring (bicyclic) bond motifs is 1. The van der Waals surface area contributed by atoms with Crippen LogP contribution in [0, 0.1) is 0 Å². The normalized spacial score (nSPS) is 20.2. The molecule has 1 unspecified atom stereocenters. The van der Waals surface area contributed by atoms with Crippen LogP contribution in [-0.4, -0.2) is 43.3 Å². The smallest absolute Gasteiger partial charge is 0.231 e. The molecule has 1 amide bonds. The zero-order chi connectivity index (χ0) is 16.9. The van der Waals surface area contributed by atoms with E-state index in [0.717, 1.165) is 35.5 Å². The van der Waals surface area contributed by atoms with Gasteiger partial charge in [0.2, 0.25) is 12.7 Å². The summed E-state index contributed by atoms with van der Waals surface area (Å²) < 4.78 is 11.9. The molecule has 1 atom stereocenters. The van der Waals surface area contributed by atoms with Crippen molar-refractivity contribution in [1.82, 2.24) is 10.2 Å². The summed E-state index contributed by atoms with van der Waals surface area (Å²) >= 11 is 3.55. The number of amides is 1. The Morgan fingerprint density at radius 2 is 2.25 bits per heavy atom. The first-order valence-electron chi connectivity index (χ1n) is 8.46. The molecule has 24 heavy (non-hydrogen) atoms. The van der Waals surface area contributed by atoms with E-state index in [1.807, 2.05) is 6.07 Å². The standard InChI is InChI=1S/C17H24BrN3O3/c18-14-7-12(8-15-17(14)24-11-23-15)10-21-6-2-1-3-13(21)9-20-16(22)4-5-19/h7-8,13H,1-6,9-11,19H2,(H,20,22). The monoisotopic (exact) mass is 397 g/mol. The fraction of sp³-hybridized carbons (Fsp3) is 0.588. The van der Waals surface area contributed by atoms with Crippen molar-refractivity contribution in [3.05, 3.63) is 22.2 Å². The maximum Gasteiger partial charge on any atom is 0.231 e. The van der Waals surface area contributed by atoms with E-state index < -0.39 is 0 Å². The van der Waals surface area contributed by atoms with Crippen LogP contribution in [0.4, 0.5) is 0 Å². The van der Waals surface area contributed by atoms with Gasteiger partial charge in [-0.3, -0.25) is 9.69 Å². The Kier molecular flexibility index (Phi) is 5.97. The number of carbonyl (C=O) groups excluding carboxylic acids is 1. The minimum Gasteiger partial charge on any atom is -0.454 e. The lowest BCUT2D eigenvalue weighted by atomic mass is 10.0. The quantitative estimate of drug-likeness (QED) is 0.767. The summed E-state index contributed by atoms with van der Waals surface area (Å²) in [5, 5.41) is 3.01. The van der Waals surface area contributed by atoms with Crippen LogP contribution in [0.15, 0.2) is 16.6 Å². The van der Waals surface area contributed by atoms with Crippen LogP contribution in [0.5, 0.6) is 11.5 Å². The maximum atomic E-state index is 11.7. The number of hydrogen-bond acceptors (Lipinski definition) is 5. The molecule has 0 spiro atoms. The van der Waals surface area contributed by atoms with E-state index in [4.69, 9.17) is 15.2 Å². The highest BCUT2D eigenvalue weighted by atomic mass is 79.9. The number of hydrogen-bond donors (Lipinski definition) is 2. The second-order valence-corrected chi connectivity index (χ2v) is 7.13. The van der Waals surface area contributed by atoms with Gasteiger partial charge in [-0.05, 0) is 53.0 Å². The second-order valence-electron chi connectivity index (χ2n) is 6.27. The summed E-state index contributed by atoms with van der Waals surface area (Å²) in [7, 11) is 0. The number of halogens is 1. The zero-order valence-corrected chi connectivity index (χ0v) is 15.3. The Balaban J connectivity index is 1.63. The average Bonchev–Trinajstić information content (AvgIpc) is 3.03. The van der Waals surface area contributed by atoms with Gasteiger partial charge in [0.1, 0.15) is 0 Å². The number of piperidine rings is 1. The molecular weight excluding hydrogens is 374 g/mol. The fourth-order valence-corrected chi connectivity index (χ4v) is 3.90. The number of rotatable bonds is 6. The molecule has 2 aliphatic heterocycles. The molecule has 3 N–H and O–H groups in total. The van der Waals surface area contributed by atoms with Crippen molar-refractivity contribution in [2.45, 2.75) is 38.3 Å². The number of likely N-dealkylation sites (tertiary alicyclic amines) is 1.